The van der Waals surface area contributed by atoms with Gasteiger partial charge < -0.3 is 10.5 Å². The summed E-state index contributed by atoms with van der Waals surface area (Å²) < 4.78 is 5.43. The summed E-state index contributed by atoms with van der Waals surface area (Å²) in [5, 5.41) is 0. The van der Waals surface area contributed by atoms with Gasteiger partial charge in [-0.2, -0.15) is 0 Å². The number of aromatic nitrogens is 1. The molecule has 0 aliphatic heterocycles. The Hall–Kier alpha value is -1.91. The molecule has 1 fully saturated rings. The van der Waals surface area contributed by atoms with E-state index in [4.69, 9.17) is 10.5 Å². The molecule has 2 rings (SSSR count). The van der Waals surface area contributed by atoms with Gasteiger partial charge in [0.2, 0.25) is 0 Å². The lowest BCUT2D eigenvalue weighted by Crippen LogP contribution is -2.15. The predicted molar refractivity (Wildman–Crippen MR) is 51.8 cm³/mol. The Labute approximate surface area is 86.2 Å². The number of ether oxygens (including phenoxy) is 1. The van der Waals surface area contributed by atoms with Crippen molar-refractivity contribution >= 4 is 12.2 Å². The lowest BCUT2D eigenvalue weighted by molar-refractivity contribution is 0.0991. The molecule has 0 bridgehead atoms. The SMILES string of the molecule is NC(=O)c1cc(OC2CC2)cnc1C=O. The molecule has 5 heteroatoms. The van der Waals surface area contributed by atoms with Gasteiger partial charge in [-0.05, 0) is 18.9 Å². The van der Waals surface area contributed by atoms with Crippen LogP contribution < -0.4 is 10.5 Å². The third-order valence-electron chi connectivity index (χ3n) is 2.10. The molecule has 0 spiro atoms. The van der Waals surface area contributed by atoms with E-state index in [0.717, 1.165) is 12.8 Å². The topological polar surface area (TPSA) is 82.3 Å². The van der Waals surface area contributed by atoms with Gasteiger partial charge >= 0.3 is 0 Å². The van der Waals surface area contributed by atoms with E-state index in [9.17, 15) is 9.59 Å². The van der Waals surface area contributed by atoms with Crippen LogP contribution in [0.2, 0.25) is 0 Å². The van der Waals surface area contributed by atoms with E-state index in [1.165, 1.54) is 12.3 Å². The van der Waals surface area contributed by atoms with Gasteiger partial charge in [0.05, 0.1) is 17.9 Å². The molecule has 0 atom stereocenters. The van der Waals surface area contributed by atoms with E-state index in [1.54, 1.807) is 0 Å². The minimum Gasteiger partial charge on any atom is -0.489 e. The summed E-state index contributed by atoms with van der Waals surface area (Å²) in [6, 6.07) is 1.46. The molecule has 1 aromatic rings. The van der Waals surface area contributed by atoms with Gasteiger partial charge in [0.25, 0.3) is 5.91 Å². The van der Waals surface area contributed by atoms with Gasteiger partial charge in [0.15, 0.2) is 6.29 Å². The molecule has 0 aromatic carbocycles. The van der Waals surface area contributed by atoms with Gasteiger partial charge in [-0.25, -0.2) is 4.98 Å². The first-order chi connectivity index (χ1) is 7.20. The highest BCUT2D eigenvalue weighted by Crippen LogP contribution is 2.26. The van der Waals surface area contributed by atoms with E-state index in [2.05, 4.69) is 4.98 Å². The maximum atomic E-state index is 11.0. The van der Waals surface area contributed by atoms with Crippen LogP contribution in [-0.2, 0) is 0 Å². The number of pyridine rings is 1. The highest BCUT2D eigenvalue weighted by molar-refractivity contribution is 5.99. The number of hydrogen-bond donors (Lipinski definition) is 1. The van der Waals surface area contributed by atoms with Crippen molar-refractivity contribution in [1.29, 1.82) is 0 Å². The van der Waals surface area contributed by atoms with Crippen LogP contribution in [0.4, 0.5) is 0 Å². The molecular weight excluding hydrogens is 196 g/mol. The summed E-state index contributed by atoms with van der Waals surface area (Å²) in [6.45, 7) is 0. The lowest BCUT2D eigenvalue weighted by Gasteiger charge is -2.05. The van der Waals surface area contributed by atoms with Crippen molar-refractivity contribution in [2.45, 2.75) is 18.9 Å². The van der Waals surface area contributed by atoms with Crippen molar-refractivity contribution in [3.8, 4) is 5.75 Å². The predicted octanol–water partition coefficient (Wildman–Crippen LogP) is 0.534. The van der Waals surface area contributed by atoms with Crippen molar-refractivity contribution in [2.75, 3.05) is 0 Å². The third kappa shape index (κ3) is 2.12. The van der Waals surface area contributed by atoms with Crippen LogP contribution in [0.1, 0.15) is 33.7 Å². The maximum absolute atomic E-state index is 11.0. The molecule has 1 heterocycles. The van der Waals surface area contributed by atoms with Gasteiger partial charge in [-0.15, -0.1) is 0 Å². The minimum absolute atomic E-state index is 0.0469. The van der Waals surface area contributed by atoms with E-state index >= 15 is 0 Å². The fourth-order valence-electron chi connectivity index (χ4n) is 1.19. The zero-order valence-corrected chi connectivity index (χ0v) is 7.97. The first-order valence-corrected chi connectivity index (χ1v) is 4.62. The van der Waals surface area contributed by atoms with Crippen LogP contribution in [0.5, 0.6) is 5.75 Å². The fourth-order valence-corrected chi connectivity index (χ4v) is 1.19. The van der Waals surface area contributed by atoms with E-state index in [-0.39, 0.29) is 17.4 Å². The molecule has 78 valence electrons. The van der Waals surface area contributed by atoms with Crippen LogP contribution >= 0.6 is 0 Å². The summed E-state index contributed by atoms with van der Waals surface area (Å²) in [5.74, 6) is -0.192. The molecule has 0 unspecified atom stereocenters. The monoisotopic (exact) mass is 206 g/mol. The number of aldehydes is 1. The Kier molecular flexibility index (Phi) is 2.37. The van der Waals surface area contributed by atoms with Crippen LogP contribution in [0, 0.1) is 0 Å². The molecule has 0 saturated heterocycles. The summed E-state index contributed by atoms with van der Waals surface area (Å²) in [5.41, 5.74) is 5.26. The maximum Gasteiger partial charge on any atom is 0.251 e. The minimum atomic E-state index is -0.675. The Bertz CT molecular complexity index is 413. The highest BCUT2D eigenvalue weighted by atomic mass is 16.5. The zero-order chi connectivity index (χ0) is 10.8. The van der Waals surface area contributed by atoms with Crippen molar-refractivity contribution in [3.05, 3.63) is 23.5 Å². The average Bonchev–Trinajstić information content (AvgIpc) is 3.01. The summed E-state index contributed by atoms with van der Waals surface area (Å²) in [7, 11) is 0. The van der Waals surface area contributed by atoms with Gasteiger partial charge in [-0.1, -0.05) is 0 Å². The number of primary amides is 1. The highest BCUT2D eigenvalue weighted by Gasteiger charge is 2.24. The molecule has 1 amide bonds. The molecule has 0 radical (unpaired) electrons. The van der Waals surface area contributed by atoms with Crippen molar-refractivity contribution in [3.63, 3.8) is 0 Å². The molecule has 2 N–H and O–H groups in total. The van der Waals surface area contributed by atoms with Crippen molar-refractivity contribution < 1.29 is 14.3 Å². The fraction of sp³-hybridized carbons (Fsp3) is 0.300. The van der Waals surface area contributed by atoms with Crippen molar-refractivity contribution in [1.82, 2.24) is 4.98 Å². The number of amides is 1. The zero-order valence-electron chi connectivity index (χ0n) is 7.97. The molecule has 5 nitrogen and oxygen atoms in total. The van der Waals surface area contributed by atoms with E-state index in [1.807, 2.05) is 0 Å². The second-order valence-corrected chi connectivity index (χ2v) is 3.40. The van der Waals surface area contributed by atoms with Crippen molar-refractivity contribution in [2.24, 2.45) is 5.73 Å². The second-order valence-electron chi connectivity index (χ2n) is 3.40. The Morgan fingerprint density at radius 1 is 1.60 bits per heavy atom. The first-order valence-electron chi connectivity index (χ1n) is 4.62. The van der Waals surface area contributed by atoms with Crippen LogP contribution in [0.3, 0.4) is 0 Å². The molecular formula is C10H10N2O3. The average molecular weight is 206 g/mol. The summed E-state index contributed by atoms with van der Waals surface area (Å²) in [6.07, 6.45) is 4.17. The van der Waals surface area contributed by atoms with Gasteiger partial charge in [0, 0.05) is 0 Å². The number of nitrogens with zero attached hydrogens (tertiary/aromatic N) is 1. The normalized spacial score (nSPS) is 14.7. The van der Waals surface area contributed by atoms with Crippen LogP contribution in [0.25, 0.3) is 0 Å². The Morgan fingerprint density at radius 3 is 2.87 bits per heavy atom. The summed E-state index contributed by atoms with van der Waals surface area (Å²) >= 11 is 0. The van der Waals surface area contributed by atoms with Gasteiger partial charge in [0.1, 0.15) is 11.4 Å². The molecule has 15 heavy (non-hydrogen) atoms. The first kappa shape index (κ1) is 9.64. The standard InChI is InChI=1S/C10H10N2O3/c11-10(14)8-3-7(15-6-1-2-6)4-12-9(8)5-13/h3-6H,1-2H2,(H2,11,14). The number of carbonyl (C=O) groups is 2. The molecule has 1 aromatic heterocycles. The summed E-state index contributed by atoms with van der Waals surface area (Å²) in [4.78, 5) is 25.4. The third-order valence-corrected chi connectivity index (χ3v) is 2.10. The molecule has 1 aliphatic rings. The van der Waals surface area contributed by atoms with Gasteiger partial charge in [-0.3, -0.25) is 9.59 Å². The van der Waals surface area contributed by atoms with E-state index < -0.39 is 5.91 Å². The van der Waals surface area contributed by atoms with Crippen LogP contribution in [-0.4, -0.2) is 23.3 Å². The second kappa shape index (κ2) is 3.68. The molecule has 1 aliphatic carbocycles. The Balaban J connectivity index is 2.30. The Morgan fingerprint density at radius 2 is 2.33 bits per heavy atom. The smallest absolute Gasteiger partial charge is 0.251 e. The number of nitrogens with two attached hydrogens (primary N) is 1. The van der Waals surface area contributed by atoms with E-state index in [0.29, 0.717) is 12.0 Å². The number of rotatable bonds is 4. The van der Waals surface area contributed by atoms with Crippen LogP contribution in [0.15, 0.2) is 12.3 Å². The number of carbonyl (C=O) groups excluding carboxylic acids is 2. The quantitative estimate of drug-likeness (QED) is 0.728. The number of hydrogen-bond acceptors (Lipinski definition) is 4. The lowest BCUT2D eigenvalue weighted by atomic mass is 10.2. The largest absolute Gasteiger partial charge is 0.489 e. The molecule has 1 saturated carbocycles.